The summed E-state index contributed by atoms with van der Waals surface area (Å²) in [7, 11) is 0. The van der Waals surface area contributed by atoms with Gasteiger partial charge < -0.3 is 10.0 Å². The summed E-state index contributed by atoms with van der Waals surface area (Å²) in [5.41, 5.74) is 0. The lowest BCUT2D eigenvalue weighted by Crippen LogP contribution is -2.36. The smallest absolute Gasteiger partial charge is 0.0434 e. The Morgan fingerprint density at radius 1 is 0.938 bits per heavy atom. The molecular formula is C14H27NO. The summed E-state index contributed by atoms with van der Waals surface area (Å²) in [6, 6.07) is 0. The largest absolute Gasteiger partial charge is 0.396 e. The molecule has 1 unspecified atom stereocenters. The summed E-state index contributed by atoms with van der Waals surface area (Å²) >= 11 is 0. The molecule has 0 aromatic rings. The minimum atomic E-state index is 0.376. The summed E-state index contributed by atoms with van der Waals surface area (Å²) in [5, 5.41) is 8.99. The topological polar surface area (TPSA) is 23.5 Å². The summed E-state index contributed by atoms with van der Waals surface area (Å²) in [5.74, 6) is 1.79. The van der Waals surface area contributed by atoms with Crippen LogP contribution in [0.1, 0.15) is 51.4 Å². The molecule has 1 heterocycles. The average Bonchev–Trinajstić information content (AvgIpc) is 2.80. The van der Waals surface area contributed by atoms with Crippen LogP contribution in [0.5, 0.6) is 0 Å². The Kier molecular flexibility index (Phi) is 5.11. The minimum absolute atomic E-state index is 0.376. The third-order valence-corrected chi connectivity index (χ3v) is 4.47. The van der Waals surface area contributed by atoms with Gasteiger partial charge in [-0.05, 0) is 50.6 Å². The number of aliphatic hydroxyl groups excluding tert-OH is 1. The van der Waals surface area contributed by atoms with Crippen molar-refractivity contribution in [3.05, 3.63) is 0 Å². The molecule has 1 aliphatic carbocycles. The SMILES string of the molecule is OCCC1CCCN(CCC2CCCC2)C1. The molecule has 1 aliphatic heterocycles. The van der Waals surface area contributed by atoms with E-state index >= 15 is 0 Å². The summed E-state index contributed by atoms with van der Waals surface area (Å²) in [6.45, 7) is 4.23. The van der Waals surface area contributed by atoms with Gasteiger partial charge in [-0.25, -0.2) is 0 Å². The van der Waals surface area contributed by atoms with E-state index in [4.69, 9.17) is 5.11 Å². The molecule has 1 atom stereocenters. The molecule has 0 spiro atoms. The zero-order valence-electron chi connectivity index (χ0n) is 10.5. The van der Waals surface area contributed by atoms with Crippen molar-refractivity contribution in [3.63, 3.8) is 0 Å². The van der Waals surface area contributed by atoms with Crippen molar-refractivity contribution >= 4 is 0 Å². The van der Waals surface area contributed by atoms with Crippen LogP contribution in [0, 0.1) is 11.8 Å². The highest BCUT2D eigenvalue weighted by Crippen LogP contribution is 2.28. The Labute approximate surface area is 100 Å². The van der Waals surface area contributed by atoms with Gasteiger partial charge in [-0.1, -0.05) is 25.7 Å². The van der Waals surface area contributed by atoms with E-state index in [1.54, 1.807) is 0 Å². The van der Waals surface area contributed by atoms with Gasteiger partial charge in [0.1, 0.15) is 0 Å². The highest BCUT2D eigenvalue weighted by Gasteiger charge is 2.21. The molecule has 0 radical (unpaired) electrons. The van der Waals surface area contributed by atoms with E-state index in [9.17, 15) is 0 Å². The predicted molar refractivity (Wildman–Crippen MR) is 67.4 cm³/mol. The van der Waals surface area contributed by atoms with E-state index in [0.717, 1.165) is 18.3 Å². The van der Waals surface area contributed by atoms with Crippen molar-refractivity contribution in [2.24, 2.45) is 11.8 Å². The van der Waals surface area contributed by atoms with Gasteiger partial charge in [0.05, 0.1) is 0 Å². The van der Waals surface area contributed by atoms with Crippen LogP contribution in [0.25, 0.3) is 0 Å². The third kappa shape index (κ3) is 3.74. The molecule has 0 bridgehead atoms. The van der Waals surface area contributed by atoms with Gasteiger partial charge in [-0.3, -0.25) is 0 Å². The van der Waals surface area contributed by atoms with Crippen LogP contribution < -0.4 is 0 Å². The van der Waals surface area contributed by atoms with Crippen LogP contribution in [-0.4, -0.2) is 36.2 Å². The van der Waals surface area contributed by atoms with Crippen molar-refractivity contribution in [1.82, 2.24) is 4.90 Å². The van der Waals surface area contributed by atoms with E-state index in [2.05, 4.69) is 4.90 Å². The molecule has 0 aromatic heterocycles. The molecule has 2 nitrogen and oxygen atoms in total. The number of hydrogen-bond acceptors (Lipinski definition) is 2. The Bertz CT molecular complexity index is 187. The number of likely N-dealkylation sites (tertiary alicyclic amines) is 1. The first-order valence-electron chi connectivity index (χ1n) is 7.21. The third-order valence-electron chi connectivity index (χ3n) is 4.47. The Hall–Kier alpha value is -0.0800. The maximum absolute atomic E-state index is 8.99. The fourth-order valence-electron chi connectivity index (χ4n) is 3.44. The van der Waals surface area contributed by atoms with Gasteiger partial charge in [0.15, 0.2) is 0 Å². The molecule has 2 fully saturated rings. The molecule has 2 rings (SSSR count). The Morgan fingerprint density at radius 2 is 1.69 bits per heavy atom. The van der Waals surface area contributed by atoms with Crippen molar-refractivity contribution in [3.8, 4) is 0 Å². The first kappa shape index (κ1) is 12.4. The highest BCUT2D eigenvalue weighted by atomic mass is 16.3. The molecule has 1 saturated heterocycles. The van der Waals surface area contributed by atoms with Crippen molar-refractivity contribution in [2.45, 2.75) is 51.4 Å². The molecule has 2 heteroatoms. The zero-order valence-corrected chi connectivity index (χ0v) is 10.5. The maximum Gasteiger partial charge on any atom is 0.0434 e. The molecule has 16 heavy (non-hydrogen) atoms. The van der Waals surface area contributed by atoms with E-state index in [1.165, 1.54) is 64.6 Å². The van der Waals surface area contributed by atoms with Crippen molar-refractivity contribution in [2.75, 3.05) is 26.2 Å². The van der Waals surface area contributed by atoms with Gasteiger partial charge in [0.2, 0.25) is 0 Å². The standard InChI is InChI=1S/C14H27NO/c16-11-8-14-6-3-9-15(12-14)10-7-13-4-1-2-5-13/h13-14,16H,1-12H2. The van der Waals surface area contributed by atoms with Crippen LogP contribution in [0.4, 0.5) is 0 Å². The van der Waals surface area contributed by atoms with Crippen molar-refractivity contribution in [1.29, 1.82) is 0 Å². The molecular weight excluding hydrogens is 198 g/mol. The molecule has 94 valence electrons. The average molecular weight is 225 g/mol. The van der Waals surface area contributed by atoms with Crippen LogP contribution in [0.3, 0.4) is 0 Å². The fourth-order valence-corrected chi connectivity index (χ4v) is 3.44. The van der Waals surface area contributed by atoms with Gasteiger partial charge in [-0.2, -0.15) is 0 Å². The molecule has 1 saturated carbocycles. The lowest BCUT2D eigenvalue weighted by molar-refractivity contribution is 0.141. The summed E-state index contributed by atoms with van der Waals surface area (Å²) in [4.78, 5) is 2.64. The number of hydrogen-bond donors (Lipinski definition) is 1. The second-order valence-electron chi connectivity index (χ2n) is 5.76. The number of rotatable bonds is 5. The molecule has 2 aliphatic rings. The normalized spacial score (nSPS) is 28.7. The molecule has 0 amide bonds. The minimum Gasteiger partial charge on any atom is -0.396 e. The van der Waals surface area contributed by atoms with Gasteiger partial charge >= 0.3 is 0 Å². The van der Waals surface area contributed by atoms with Crippen LogP contribution in [0.2, 0.25) is 0 Å². The highest BCUT2D eigenvalue weighted by molar-refractivity contribution is 4.75. The first-order chi connectivity index (χ1) is 7.88. The second kappa shape index (κ2) is 6.61. The monoisotopic (exact) mass is 225 g/mol. The van der Waals surface area contributed by atoms with Gasteiger partial charge in [0, 0.05) is 13.2 Å². The zero-order chi connectivity index (χ0) is 11.2. The van der Waals surface area contributed by atoms with E-state index in [1.807, 2.05) is 0 Å². The summed E-state index contributed by atoms with van der Waals surface area (Å²) in [6.07, 6.45) is 11.0. The number of nitrogens with zero attached hydrogens (tertiary/aromatic N) is 1. The maximum atomic E-state index is 8.99. The Morgan fingerprint density at radius 3 is 2.44 bits per heavy atom. The van der Waals surface area contributed by atoms with Crippen LogP contribution >= 0.6 is 0 Å². The quantitative estimate of drug-likeness (QED) is 0.777. The lowest BCUT2D eigenvalue weighted by atomic mass is 9.94. The second-order valence-corrected chi connectivity index (χ2v) is 5.76. The van der Waals surface area contributed by atoms with Crippen LogP contribution in [-0.2, 0) is 0 Å². The van der Waals surface area contributed by atoms with Gasteiger partial charge in [0.25, 0.3) is 0 Å². The Balaban J connectivity index is 1.64. The van der Waals surface area contributed by atoms with E-state index in [-0.39, 0.29) is 0 Å². The van der Waals surface area contributed by atoms with Gasteiger partial charge in [-0.15, -0.1) is 0 Å². The van der Waals surface area contributed by atoms with Crippen molar-refractivity contribution < 1.29 is 5.11 Å². The van der Waals surface area contributed by atoms with Crippen LogP contribution in [0.15, 0.2) is 0 Å². The van der Waals surface area contributed by atoms with E-state index < -0.39 is 0 Å². The number of aliphatic hydroxyl groups is 1. The first-order valence-corrected chi connectivity index (χ1v) is 7.21. The fraction of sp³-hybridized carbons (Fsp3) is 1.00. The van der Waals surface area contributed by atoms with E-state index in [0.29, 0.717) is 6.61 Å². The number of piperidine rings is 1. The molecule has 1 N–H and O–H groups in total. The predicted octanol–water partition coefficient (Wildman–Crippen LogP) is 2.66. The molecule has 0 aromatic carbocycles. The lowest BCUT2D eigenvalue weighted by Gasteiger charge is -2.33. The summed E-state index contributed by atoms with van der Waals surface area (Å²) < 4.78 is 0.